The average Bonchev–Trinajstić information content (AvgIpc) is 2.64. The van der Waals surface area contributed by atoms with Crippen molar-refractivity contribution in [2.75, 3.05) is 5.32 Å². The molecule has 4 rings (SSSR count). The Morgan fingerprint density at radius 1 is 0.833 bits per heavy atom. The van der Waals surface area contributed by atoms with E-state index in [4.69, 9.17) is 16.6 Å². The maximum Gasteiger partial charge on any atom is 0.0865 e. The molecule has 3 aromatic rings. The summed E-state index contributed by atoms with van der Waals surface area (Å²) in [5, 5.41) is 4.41. The van der Waals surface area contributed by atoms with Gasteiger partial charge in [0.2, 0.25) is 0 Å². The molecule has 0 radical (unpaired) electrons. The minimum Gasteiger partial charge on any atom is -0.375 e. The molecule has 24 heavy (non-hydrogen) atoms. The molecule has 0 spiro atoms. The number of fused-ring (bicyclic) bond motifs is 1. The van der Waals surface area contributed by atoms with Gasteiger partial charge in [0.15, 0.2) is 0 Å². The Kier molecular flexibility index (Phi) is 4.06. The van der Waals surface area contributed by atoms with Crippen molar-refractivity contribution in [3.8, 4) is 0 Å². The molecule has 0 bridgehead atoms. The molecular weight excluding hydrogens is 316 g/mol. The minimum absolute atomic E-state index is 0.128. The molecule has 2 nitrogen and oxygen atoms in total. The van der Waals surface area contributed by atoms with E-state index in [-0.39, 0.29) is 6.04 Å². The van der Waals surface area contributed by atoms with Crippen LogP contribution in [0.5, 0.6) is 0 Å². The van der Waals surface area contributed by atoms with Crippen LogP contribution < -0.4 is 5.32 Å². The van der Waals surface area contributed by atoms with Crippen molar-refractivity contribution in [3.63, 3.8) is 0 Å². The van der Waals surface area contributed by atoms with Gasteiger partial charge in [0.1, 0.15) is 0 Å². The summed E-state index contributed by atoms with van der Waals surface area (Å²) in [4.78, 5) is 4.94. The first-order chi connectivity index (χ1) is 11.8. The molecule has 0 aliphatic carbocycles. The van der Waals surface area contributed by atoms with Gasteiger partial charge >= 0.3 is 0 Å². The van der Waals surface area contributed by atoms with Gasteiger partial charge in [-0.1, -0.05) is 66.2 Å². The highest BCUT2D eigenvalue weighted by atomic mass is 35.5. The average molecular weight is 333 g/mol. The smallest absolute Gasteiger partial charge is 0.0865 e. The third-order valence-corrected chi connectivity index (χ3v) is 4.48. The second-order valence-electron chi connectivity index (χ2n) is 5.91. The van der Waals surface area contributed by atoms with E-state index in [0.717, 1.165) is 34.1 Å². The number of halogens is 1. The first kappa shape index (κ1) is 15.0. The quantitative estimate of drug-likeness (QED) is 0.673. The standard InChI is InChI=1S/C21H17ClN2/c22-17-12-10-15(11-13-17)14-20-21(16-6-2-1-3-7-16)24-19-9-5-4-8-18(19)23-20/h1-13,20,23H,14H2. The lowest BCUT2D eigenvalue weighted by molar-refractivity contribution is 0.893. The number of hydrogen-bond donors (Lipinski definition) is 1. The molecule has 1 atom stereocenters. The van der Waals surface area contributed by atoms with Crippen molar-refractivity contribution in [1.82, 2.24) is 0 Å². The van der Waals surface area contributed by atoms with Gasteiger partial charge < -0.3 is 5.32 Å². The van der Waals surface area contributed by atoms with Crippen LogP contribution in [0.1, 0.15) is 11.1 Å². The first-order valence-corrected chi connectivity index (χ1v) is 8.41. The van der Waals surface area contributed by atoms with Gasteiger partial charge in [-0.25, -0.2) is 4.99 Å². The van der Waals surface area contributed by atoms with Crippen LogP contribution in [0.25, 0.3) is 0 Å². The molecule has 1 unspecified atom stereocenters. The third-order valence-electron chi connectivity index (χ3n) is 4.23. The molecule has 118 valence electrons. The van der Waals surface area contributed by atoms with E-state index in [1.165, 1.54) is 5.56 Å². The Morgan fingerprint density at radius 2 is 1.54 bits per heavy atom. The molecule has 1 aliphatic rings. The fourth-order valence-electron chi connectivity index (χ4n) is 3.04. The van der Waals surface area contributed by atoms with Crippen LogP contribution in [0.2, 0.25) is 5.02 Å². The van der Waals surface area contributed by atoms with Crippen molar-refractivity contribution in [3.05, 3.63) is 95.0 Å². The van der Waals surface area contributed by atoms with E-state index in [2.05, 4.69) is 47.8 Å². The van der Waals surface area contributed by atoms with Crippen LogP contribution in [-0.4, -0.2) is 11.8 Å². The lowest BCUT2D eigenvalue weighted by Crippen LogP contribution is -2.34. The van der Waals surface area contributed by atoms with Crippen molar-refractivity contribution in [2.24, 2.45) is 4.99 Å². The fraction of sp³-hybridized carbons (Fsp3) is 0.0952. The van der Waals surface area contributed by atoms with E-state index in [1.807, 2.05) is 36.4 Å². The Balaban J connectivity index is 1.73. The molecule has 3 aromatic carbocycles. The van der Waals surface area contributed by atoms with Crippen LogP contribution in [0.15, 0.2) is 83.9 Å². The lowest BCUT2D eigenvalue weighted by atomic mass is 9.94. The third kappa shape index (κ3) is 3.06. The molecule has 1 aliphatic heterocycles. The van der Waals surface area contributed by atoms with Gasteiger partial charge in [-0.05, 0) is 41.8 Å². The summed E-state index contributed by atoms with van der Waals surface area (Å²) < 4.78 is 0. The summed E-state index contributed by atoms with van der Waals surface area (Å²) >= 11 is 6.01. The van der Waals surface area contributed by atoms with Gasteiger partial charge in [-0.2, -0.15) is 0 Å². The predicted molar refractivity (Wildman–Crippen MR) is 102 cm³/mol. The van der Waals surface area contributed by atoms with Crippen molar-refractivity contribution >= 4 is 28.7 Å². The maximum absolute atomic E-state index is 6.01. The zero-order valence-electron chi connectivity index (χ0n) is 13.1. The molecule has 0 aromatic heterocycles. The van der Waals surface area contributed by atoms with Crippen LogP contribution in [0.3, 0.4) is 0 Å². The van der Waals surface area contributed by atoms with Gasteiger partial charge in [-0.3, -0.25) is 0 Å². The number of benzene rings is 3. The normalized spacial score (nSPS) is 16.0. The second kappa shape index (κ2) is 6.50. The number of para-hydroxylation sites is 2. The number of anilines is 1. The number of aliphatic imine (C=N–C) groups is 1. The van der Waals surface area contributed by atoms with E-state index in [1.54, 1.807) is 0 Å². The lowest BCUT2D eigenvalue weighted by Gasteiger charge is -2.27. The monoisotopic (exact) mass is 332 g/mol. The predicted octanol–water partition coefficient (Wildman–Crippen LogP) is 5.50. The molecule has 0 saturated heterocycles. The summed E-state index contributed by atoms with van der Waals surface area (Å²) in [5.74, 6) is 0. The van der Waals surface area contributed by atoms with E-state index >= 15 is 0 Å². The number of rotatable bonds is 3. The highest BCUT2D eigenvalue weighted by molar-refractivity contribution is 6.30. The largest absolute Gasteiger partial charge is 0.375 e. The Morgan fingerprint density at radius 3 is 2.33 bits per heavy atom. The summed E-state index contributed by atoms with van der Waals surface area (Å²) in [7, 11) is 0. The highest BCUT2D eigenvalue weighted by Crippen LogP contribution is 2.32. The number of nitrogens with zero attached hydrogens (tertiary/aromatic N) is 1. The van der Waals surface area contributed by atoms with Crippen molar-refractivity contribution in [2.45, 2.75) is 12.5 Å². The molecule has 1 heterocycles. The van der Waals surface area contributed by atoms with Crippen LogP contribution in [-0.2, 0) is 6.42 Å². The highest BCUT2D eigenvalue weighted by Gasteiger charge is 2.23. The topological polar surface area (TPSA) is 24.4 Å². The van der Waals surface area contributed by atoms with Crippen LogP contribution in [0.4, 0.5) is 11.4 Å². The number of hydrogen-bond acceptors (Lipinski definition) is 2. The van der Waals surface area contributed by atoms with Crippen molar-refractivity contribution in [1.29, 1.82) is 0 Å². The maximum atomic E-state index is 6.01. The van der Waals surface area contributed by atoms with Gasteiger partial charge in [-0.15, -0.1) is 0 Å². The summed E-state index contributed by atoms with van der Waals surface area (Å²) in [6.45, 7) is 0. The second-order valence-corrected chi connectivity index (χ2v) is 6.34. The number of nitrogens with one attached hydrogen (secondary N) is 1. The molecule has 0 amide bonds. The zero-order chi connectivity index (χ0) is 16.4. The minimum atomic E-state index is 0.128. The molecular formula is C21H17ClN2. The SMILES string of the molecule is Clc1ccc(CC2Nc3ccccc3N=C2c2ccccc2)cc1. The van der Waals surface area contributed by atoms with E-state index in [9.17, 15) is 0 Å². The molecule has 1 N–H and O–H groups in total. The van der Waals surface area contributed by atoms with Crippen molar-refractivity contribution < 1.29 is 0 Å². The van der Waals surface area contributed by atoms with Gasteiger partial charge in [0.05, 0.1) is 23.1 Å². The fourth-order valence-corrected chi connectivity index (χ4v) is 3.16. The Hall–Kier alpha value is -2.58. The summed E-state index contributed by atoms with van der Waals surface area (Å²) in [6, 6.07) is 26.7. The van der Waals surface area contributed by atoms with Gasteiger partial charge in [0.25, 0.3) is 0 Å². The summed E-state index contributed by atoms with van der Waals surface area (Å²) in [6.07, 6.45) is 0.860. The van der Waals surface area contributed by atoms with Gasteiger partial charge in [0, 0.05) is 5.02 Å². The molecule has 0 saturated carbocycles. The summed E-state index contributed by atoms with van der Waals surface area (Å²) in [5.41, 5.74) is 5.53. The van der Waals surface area contributed by atoms with E-state index < -0.39 is 0 Å². The molecule has 0 fully saturated rings. The Bertz CT molecular complexity index is 870. The van der Waals surface area contributed by atoms with E-state index in [0.29, 0.717) is 0 Å². The zero-order valence-corrected chi connectivity index (χ0v) is 13.9. The van der Waals surface area contributed by atoms with Crippen LogP contribution in [0, 0.1) is 0 Å². The van der Waals surface area contributed by atoms with Crippen LogP contribution >= 0.6 is 11.6 Å². The Labute approximate surface area is 146 Å². The first-order valence-electron chi connectivity index (χ1n) is 8.03. The molecule has 3 heteroatoms.